The molecule has 3 N–H and O–H groups in total. The molecule has 0 aliphatic heterocycles. The van der Waals surface area contributed by atoms with Gasteiger partial charge in [-0.05, 0) is 26.3 Å². The van der Waals surface area contributed by atoms with Gasteiger partial charge in [0.2, 0.25) is 0 Å². The normalized spacial score (nSPS) is 14.1. The van der Waals surface area contributed by atoms with E-state index in [9.17, 15) is 8.42 Å². The largest absolute Gasteiger partial charge is 0.357 e. The van der Waals surface area contributed by atoms with Crippen molar-refractivity contribution < 1.29 is 8.42 Å². The molecule has 0 spiro atoms. The van der Waals surface area contributed by atoms with E-state index in [1.165, 1.54) is 6.26 Å². The van der Waals surface area contributed by atoms with Gasteiger partial charge in [0.25, 0.3) is 0 Å². The molecule has 0 saturated carbocycles. The lowest BCUT2D eigenvalue weighted by atomic mass is 10.3. The second kappa shape index (κ2) is 7.88. The summed E-state index contributed by atoms with van der Waals surface area (Å²) in [6.45, 7) is 5.16. The van der Waals surface area contributed by atoms with Crippen molar-refractivity contribution in [3.05, 3.63) is 18.0 Å². The van der Waals surface area contributed by atoms with Gasteiger partial charge in [0.1, 0.15) is 9.84 Å². The number of aromatic amines is 1. The van der Waals surface area contributed by atoms with Gasteiger partial charge in [-0.1, -0.05) is 0 Å². The number of nitrogens with one attached hydrogen (secondary N) is 3. The molecule has 1 aromatic rings. The van der Waals surface area contributed by atoms with E-state index in [0.29, 0.717) is 18.9 Å². The zero-order valence-corrected chi connectivity index (χ0v) is 13.0. The Bertz CT molecular complexity index is 510. The molecule has 1 aromatic heterocycles. The second-order valence-electron chi connectivity index (χ2n) is 4.74. The van der Waals surface area contributed by atoms with Crippen LogP contribution in [0.15, 0.2) is 17.3 Å². The average molecular weight is 301 g/mol. The third-order valence-electron chi connectivity index (χ3n) is 2.61. The number of aromatic nitrogens is 2. The molecular formula is C12H23N5O2S. The molecule has 20 heavy (non-hydrogen) atoms. The number of rotatable bonds is 7. The summed E-state index contributed by atoms with van der Waals surface area (Å²) in [5.74, 6) is 0.837. The van der Waals surface area contributed by atoms with Crippen molar-refractivity contribution >= 4 is 15.8 Å². The summed E-state index contributed by atoms with van der Waals surface area (Å²) in [6, 6.07) is 1.89. The van der Waals surface area contributed by atoms with E-state index in [0.717, 1.165) is 12.2 Å². The third kappa shape index (κ3) is 7.13. The average Bonchev–Trinajstić information content (AvgIpc) is 2.86. The number of nitrogens with zero attached hydrogens (tertiary/aromatic N) is 2. The fraction of sp³-hybridized carbons (Fsp3) is 0.667. The molecule has 0 amide bonds. The summed E-state index contributed by atoms with van der Waals surface area (Å²) in [5.41, 5.74) is 0.922. The maximum Gasteiger partial charge on any atom is 0.191 e. The Kier molecular flexibility index (Phi) is 6.50. The summed E-state index contributed by atoms with van der Waals surface area (Å²) >= 11 is 0. The van der Waals surface area contributed by atoms with Gasteiger partial charge < -0.3 is 10.6 Å². The Morgan fingerprint density at radius 1 is 1.55 bits per heavy atom. The Labute approximate surface area is 120 Å². The summed E-state index contributed by atoms with van der Waals surface area (Å²) in [5, 5.41) is 13.0. The van der Waals surface area contributed by atoms with E-state index in [-0.39, 0.29) is 11.8 Å². The van der Waals surface area contributed by atoms with Crippen LogP contribution in [0.4, 0.5) is 0 Å². The van der Waals surface area contributed by atoms with E-state index < -0.39 is 9.84 Å². The van der Waals surface area contributed by atoms with Crippen molar-refractivity contribution in [2.75, 3.05) is 18.6 Å². The van der Waals surface area contributed by atoms with Gasteiger partial charge in [-0.3, -0.25) is 5.10 Å². The molecule has 8 heteroatoms. The molecule has 1 atom stereocenters. The van der Waals surface area contributed by atoms with Crippen molar-refractivity contribution in [2.45, 2.75) is 32.9 Å². The van der Waals surface area contributed by atoms with E-state index in [1.807, 2.05) is 19.9 Å². The van der Waals surface area contributed by atoms with Crippen LogP contribution in [0, 0.1) is 0 Å². The Morgan fingerprint density at radius 2 is 2.30 bits per heavy atom. The number of hydrogen-bond donors (Lipinski definition) is 3. The van der Waals surface area contributed by atoms with Crippen LogP contribution in [-0.2, 0) is 16.4 Å². The van der Waals surface area contributed by atoms with Gasteiger partial charge in [-0.15, -0.1) is 0 Å². The molecule has 114 valence electrons. The summed E-state index contributed by atoms with van der Waals surface area (Å²) in [6.07, 6.45) is 3.48. The fourth-order valence-electron chi connectivity index (χ4n) is 1.55. The number of H-pyrrole nitrogens is 1. The van der Waals surface area contributed by atoms with E-state index in [1.54, 1.807) is 6.20 Å². The molecule has 0 radical (unpaired) electrons. The maximum atomic E-state index is 11.1. The number of guanidine groups is 1. The van der Waals surface area contributed by atoms with Crippen molar-refractivity contribution in [3.8, 4) is 0 Å². The zero-order chi connectivity index (χ0) is 15.0. The first-order chi connectivity index (χ1) is 9.40. The van der Waals surface area contributed by atoms with Crippen LogP contribution < -0.4 is 10.6 Å². The molecule has 1 heterocycles. The summed E-state index contributed by atoms with van der Waals surface area (Å²) < 4.78 is 22.3. The molecule has 0 bridgehead atoms. The molecule has 0 aliphatic carbocycles. The highest BCUT2D eigenvalue weighted by molar-refractivity contribution is 7.90. The molecule has 0 aromatic carbocycles. The van der Waals surface area contributed by atoms with Gasteiger partial charge in [0.15, 0.2) is 5.96 Å². The monoisotopic (exact) mass is 301 g/mol. The van der Waals surface area contributed by atoms with Crippen LogP contribution in [0.5, 0.6) is 0 Å². The summed E-state index contributed by atoms with van der Waals surface area (Å²) in [7, 11) is -2.93. The first kappa shape index (κ1) is 16.5. The van der Waals surface area contributed by atoms with Crippen LogP contribution in [-0.4, -0.2) is 49.2 Å². The highest BCUT2D eigenvalue weighted by Gasteiger charge is 2.09. The zero-order valence-electron chi connectivity index (χ0n) is 12.2. The van der Waals surface area contributed by atoms with E-state index in [2.05, 4.69) is 25.8 Å². The number of sulfone groups is 1. The quantitative estimate of drug-likeness (QED) is 0.496. The Balaban J connectivity index is 2.51. The van der Waals surface area contributed by atoms with Crippen molar-refractivity contribution in [3.63, 3.8) is 0 Å². The highest BCUT2D eigenvalue weighted by Crippen LogP contribution is 1.97. The van der Waals surface area contributed by atoms with E-state index in [4.69, 9.17) is 0 Å². The van der Waals surface area contributed by atoms with Crippen LogP contribution >= 0.6 is 0 Å². The topological polar surface area (TPSA) is 99.2 Å². The lowest BCUT2D eigenvalue weighted by molar-refractivity contribution is 0.581. The van der Waals surface area contributed by atoms with Crippen LogP contribution in [0.25, 0.3) is 0 Å². The molecule has 0 fully saturated rings. The molecule has 7 nitrogen and oxygen atoms in total. The number of aliphatic imine (C=N–C) groups is 1. The first-order valence-corrected chi connectivity index (χ1v) is 8.67. The van der Waals surface area contributed by atoms with Gasteiger partial charge in [0, 0.05) is 25.0 Å². The number of hydrogen-bond acceptors (Lipinski definition) is 4. The Hall–Kier alpha value is -1.57. The molecule has 0 saturated heterocycles. The van der Waals surface area contributed by atoms with Crippen LogP contribution in [0.1, 0.15) is 26.0 Å². The predicted octanol–water partition coefficient (Wildman–Crippen LogP) is 0.288. The third-order valence-corrected chi connectivity index (χ3v) is 3.59. The summed E-state index contributed by atoms with van der Waals surface area (Å²) in [4.78, 5) is 4.41. The fourth-order valence-corrected chi connectivity index (χ4v) is 2.34. The van der Waals surface area contributed by atoms with Crippen molar-refractivity contribution in [1.29, 1.82) is 0 Å². The SMILES string of the molecule is CCNC(=NCc1ccn[nH]1)NC(C)CCS(C)(=O)=O. The van der Waals surface area contributed by atoms with E-state index >= 15 is 0 Å². The maximum absolute atomic E-state index is 11.1. The molecular weight excluding hydrogens is 278 g/mol. The minimum atomic E-state index is -2.93. The van der Waals surface area contributed by atoms with Gasteiger partial charge in [-0.2, -0.15) is 5.10 Å². The minimum absolute atomic E-state index is 0.0318. The standard InChI is InChI=1S/C12H23N5O2S/c1-4-13-12(14-9-11-5-7-15-17-11)16-10(2)6-8-20(3,18)19/h5,7,10H,4,6,8-9H2,1-3H3,(H,15,17)(H2,13,14,16). The van der Waals surface area contributed by atoms with Gasteiger partial charge >= 0.3 is 0 Å². The van der Waals surface area contributed by atoms with Gasteiger partial charge in [-0.25, -0.2) is 13.4 Å². The molecule has 1 rings (SSSR count). The van der Waals surface area contributed by atoms with Crippen LogP contribution in [0.2, 0.25) is 0 Å². The first-order valence-electron chi connectivity index (χ1n) is 6.61. The van der Waals surface area contributed by atoms with Crippen molar-refractivity contribution in [2.24, 2.45) is 4.99 Å². The molecule has 1 unspecified atom stereocenters. The second-order valence-corrected chi connectivity index (χ2v) is 7.00. The Morgan fingerprint density at radius 3 is 2.85 bits per heavy atom. The molecule has 0 aliphatic rings. The smallest absolute Gasteiger partial charge is 0.191 e. The lowest BCUT2D eigenvalue weighted by Gasteiger charge is -2.17. The lowest BCUT2D eigenvalue weighted by Crippen LogP contribution is -2.42. The van der Waals surface area contributed by atoms with Crippen LogP contribution in [0.3, 0.4) is 0 Å². The highest BCUT2D eigenvalue weighted by atomic mass is 32.2. The minimum Gasteiger partial charge on any atom is -0.357 e. The predicted molar refractivity (Wildman–Crippen MR) is 80.3 cm³/mol. The van der Waals surface area contributed by atoms with Gasteiger partial charge in [0.05, 0.1) is 18.0 Å². The van der Waals surface area contributed by atoms with Crippen molar-refractivity contribution in [1.82, 2.24) is 20.8 Å².